The number of anilines is 2. The molecule has 0 saturated heterocycles. The number of amides is 2. The number of aliphatic hydroxyl groups is 1. The van der Waals surface area contributed by atoms with E-state index in [2.05, 4.69) is 15.7 Å². The lowest BCUT2D eigenvalue weighted by Crippen LogP contribution is -2.50. The van der Waals surface area contributed by atoms with Gasteiger partial charge in [0.2, 0.25) is 0 Å². The van der Waals surface area contributed by atoms with Gasteiger partial charge in [0.25, 0.3) is 11.8 Å². The molecule has 0 radical (unpaired) electrons. The third-order valence-corrected chi connectivity index (χ3v) is 6.64. The Bertz CT molecular complexity index is 1400. The van der Waals surface area contributed by atoms with E-state index in [1.165, 1.54) is 12.1 Å². The van der Waals surface area contributed by atoms with Gasteiger partial charge in [-0.3, -0.25) is 9.59 Å². The second-order valence-electron chi connectivity index (χ2n) is 10.0. The highest BCUT2D eigenvalue weighted by Gasteiger charge is 2.34. The fourth-order valence-corrected chi connectivity index (χ4v) is 4.43. The van der Waals surface area contributed by atoms with Crippen molar-refractivity contribution in [2.45, 2.75) is 37.7 Å². The Hall–Kier alpha value is -4.22. The number of carbonyl (C=O) groups is 2. The maximum atomic E-state index is 13.2. The van der Waals surface area contributed by atoms with E-state index in [0.717, 1.165) is 34.0 Å². The topological polar surface area (TPSA) is 97.3 Å². The van der Waals surface area contributed by atoms with Crippen molar-refractivity contribution in [3.8, 4) is 0 Å². The zero-order chi connectivity index (χ0) is 29.6. The van der Waals surface area contributed by atoms with Crippen LogP contribution in [-0.4, -0.2) is 55.4 Å². The van der Waals surface area contributed by atoms with Crippen molar-refractivity contribution >= 4 is 28.9 Å². The first-order valence-corrected chi connectivity index (χ1v) is 13.1. The Balaban J connectivity index is 1.45. The Morgan fingerprint density at radius 2 is 1.73 bits per heavy atom. The van der Waals surface area contributed by atoms with Crippen LogP contribution in [0, 0.1) is 0 Å². The molecular formula is C30H32F3N5O3. The first kappa shape index (κ1) is 29.8. The van der Waals surface area contributed by atoms with Crippen molar-refractivity contribution in [2.75, 3.05) is 30.5 Å². The summed E-state index contributed by atoms with van der Waals surface area (Å²) >= 11 is 0. The van der Waals surface area contributed by atoms with Crippen LogP contribution in [0.15, 0.2) is 84.0 Å². The molecule has 1 heterocycles. The van der Waals surface area contributed by atoms with Crippen LogP contribution in [0.3, 0.4) is 0 Å². The molecule has 0 fully saturated rings. The largest absolute Gasteiger partial charge is 0.416 e. The van der Waals surface area contributed by atoms with E-state index in [4.69, 9.17) is 0 Å². The number of benzene rings is 3. The summed E-state index contributed by atoms with van der Waals surface area (Å²) in [4.78, 5) is 27.7. The molecule has 11 heteroatoms. The Kier molecular flexibility index (Phi) is 9.41. The predicted molar refractivity (Wildman–Crippen MR) is 152 cm³/mol. The van der Waals surface area contributed by atoms with Gasteiger partial charge < -0.3 is 20.6 Å². The van der Waals surface area contributed by atoms with Gasteiger partial charge >= 0.3 is 6.18 Å². The van der Waals surface area contributed by atoms with E-state index in [1.807, 2.05) is 73.6 Å². The van der Waals surface area contributed by atoms with E-state index >= 15 is 0 Å². The van der Waals surface area contributed by atoms with Crippen LogP contribution >= 0.6 is 0 Å². The molecular weight excluding hydrogens is 535 g/mol. The number of aliphatic hydroxyl groups excluding tert-OH is 1. The second-order valence-corrected chi connectivity index (χ2v) is 10.0. The Morgan fingerprint density at radius 3 is 2.44 bits per heavy atom. The molecule has 3 aromatic carbocycles. The average Bonchev–Trinajstić information content (AvgIpc) is 3.34. The minimum Gasteiger partial charge on any atom is -0.390 e. The van der Waals surface area contributed by atoms with E-state index < -0.39 is 35.7 Å². The molecule has 0 aromatic heterocycles. The van der Waals surface area contributed by atoms with Crippen molar-refractivity contribution in [3.05, 3.63) is 95.6 Å². The molecule has 1 aliphatic heterocycles. The fourth-order valence-electron chi connectivity index (χ4n) is 4.43. The summed E-state index contributed by atoms with van der Waals surface area (Å²) < 4.78 is 39.5. The monoisotopic (exact) mass is 567 g/mol. The molecule has 0 bridgehead atoms. The minimum atomic E-state index is -4.59. The van der Waals surface area contributed by atoms with E-state index in [1.54, 1.807) is 0 Å². The number of halogens is 3. The van der Waals surface area contributed by atoms with Crippen molar-refractivity contribution in [3.63, 3.8) is 0 Å². The number of hydrogen-bond donors (Lipinski definition) is 3. The number of alkyl halides is 3. The molecule has 3 N–H and O–H groups in total. The van der Waals surface area contributed by atoms with E-state index in [-0.39, 0.29) is 24.4 Å². The lowest BCUT2D eigenvalue weighted by atomic mass is 10.0. The summed E-state index contributed by atoms with van der Waals surface area (Å²) in [7, 11) is 3.91. The third-order valence-electron chi connectivity index (χ3n) is 6.64. The van der Waals surface area contributed by atoms with Gasteiger partial charge in [-0.25, -0.2) is 0 Å². The van der Waals surface area contributed by atoms with Crippen molar-refractivity contribution in [1.82, 2.24) is 10.6 Å². The molecule has 0 unspecified atom stereocenters. The summed E-state index contributed by atoms with van der Waals surface area (Å²) in [5.41, 5.74) is 1.79. The Labute approximate surface area is 236 Å². The summed E-state index contributed by atoms with van der Waals surface area (Å²) in [6.07, 6.45) is -5.65. The fraction of sp³-hybridized carbons (Fsp3) is 0.300. The van der Waals surface area contributed by atoms with E-state index in [9.17, 15) is 27.9 Å². The van der Waals surface area contributed by atoms with Crippen molar-refractivity contribution in [1.29, 1.82) is 0 Å². The van der Waals surface area contributed by atoms with Crippen LogP contribution in [-0.2, 0) is 28.7 Å². The van der Waals surface area contributed by atoms with Gasteiger partial charge in [-0.1, -0.05) is 48.5 Å². The van der Waals surface area contributed by atoms with Crippen LogP contribution in [0.2, 0.25) is 0 Å². The van der Waals surface area contributed by atoms with E-state index in [0.29, 0.717) is 13.0 Å². The molecule has 1 aliphatic rings. The summed E-state index contributed by atoms with van der Waals surface area (Å²) in [5.74, 6) is -1.30. The number of hydrogen-bond acceptors (Lipinski definition) is 6. The zero-order valence-corrected chi connectivity index (χ0v) is 22.7. The predicted octanol–water partition coefficient (Wildman–Crippen LogP) is 3.74. The first-order valence-electron chi connectivity index (χ1n) is 13.1. The number of carbonyl (C=O) groups excluding carboxylic acids is 2. The smallest absolute Gasteiger partial charge is 0.390 e. The van der Waals surface area contributed by atoms with Gasteiger partial charge in [-0.2, -0.15) is 23.3 Å². The summed E-state index contributed by atoms with van der Waals surface area (Å²) in [5, 5.41) is 21.9. The molecule has 3 aromatic rings. The van der Waals surface area contributed by atoms with Crippen LogP contribution < -0.4 is 20.5 Å². The molecule has 4 rings (SSSR count). The summed E-state index contributed by atoms with van der Waals surface area (Å²) in [6, 6.07) is 20.7. The lowest BCUT2D eigenvalue weighted by Gasteiger charge is -2.25. The summed E-state index contributed by atoms with van der Waals surface area (Å²) in [6.45, 7) is 0.670. The van der Waals surface area contributed by atoms with Crippen LogP contribution in [0.25, 0.3) is 0 Å². The molecule has 2 atom stereocenters. The van der Waals surface area contributed by atoms with Crippen molar-refractivity contribution in [2.24, 2.45) is 5.10 Å². The van der Waals surface area contributed by atoms with Gasteiger partial charge in [0.1, 0.15) is 5.71 Å². The number of hydrazone groups is 1. The highest BCUT2D eigenvalue weighted by Crippen LogP contribution is 2.32. The molecule has 0 spiro atoms. The average molecular weight is 568 g/mol. The second kappa shape index (κ2) is 13.0. The van der Waals surface area contributed by atoms with Gasteiger partial charge in [0, 0.05) is 32.9 Å². The van der Waals surface area contributed by atoms with Gasteiger partial charge in [-0.05, 0) is 47.9 Å². The van der Waals surface area contributed by atoms with Crippen LogP contribution in [0.4, 0.5) is 24.5 Å². The van der Waals surface area contributed by atoms with Crippen LogP contribution in [0.5, 0.6) is 0 Å². The van der Waals surface area contributed by atoms with Crippen molar-refractivity contribution < 1.29 is 27.9 Å². The van der Waals surface area contributed by atoms with Gasteiger partial charge in [0.15, 0.2) is 0 Å². The molecule has 41 heavy (non-hydrogen) atoms. The highest BCUT2D eigenvalue weighted by atomic mass is 19.4. The standard InChI is InChI=1S/C30H32F3N5O3/c1-37(2)23-12-6-10-21(14-23)18-34-19-27(39)25(15-20-8-4-3-5-9-20)35-29(41)26-17-28(40)38(36-26)24-13-7-11-22(16-24)30(31,32)33/h3-14,16,25,27,34,39H,15,17-19H2,1-2H3,(H,35,41)/t25-,27+/m0/s1. The molecule has 0 aliphatic carbocycles. The minimum absolute atomic E-state index is 0.0870. The quantitative estimate of drug-likeness (QED) is 0.328. The maximum absolute atomic E-state index is 13.2. The lowest BCUT2D eigenvalue weighted by molar-refractivity contribution is -0.137. The number of rotatable bonds is 11. The number of nitrogens with one attached hydrogen (secondary N) is 2. The maximum Gasteiger partial charge on any atom is 0.416 e. The molecule has 0 saturated carbocycles. The van der Waals surface area contributed by atoms with Gasteiger partial charge in [-0.15, -0.1) is 0 Å². The SMILES string of the molecule is CN(C)c1cccc(CNC[C@@H](O)[C@H](Cc2ccccc2)NC(=O)C2=NN(c3cccc(C(F)(F)F)c3)C(=O)C2)c1. The first-order chi connectivity index (χ1) is 19.5. The highest BCUT2D eigenvalue weighted by molar-refractivity contribution is 6.44. The number of nitrogens with zero attached hydrogens (tertiary/aromatic N) is 3. The Morgan fingerprint density at radius 1 is 1.02 bits per heavy atom. The third kappa shape index (κ3) is 7.92. The normalized spacial score (nSPS) is 14.9. The molecule has 2 amide bonds. The molecule has 8 nitrogen and oxygen atoms in total. The molecule has 216 valence electrons. The van der Waals surface area contributed by atoms with Crippen LogP contribution in [0.1, 0.15) is 23.1 Å². The van der Waals surface area contributed by atoms with Gasteiger partial charge in [0.05, 0.1) is 29.8 Å². The zero-order valence-electron chi connectivity index (χ0n) is 22.7.